The van der Waals surface area contributed by atoms with Crippen LogP contribution in [0.2, 0.25) is 0 Å². The minimum atomic E-state index is -0.443. The zero-order valence-electron chi connectivity index (χ0n) is 10.5. The van der Waals surface area contributed by atoms with E-state index >= 15 is 0 Å². The van der Waals surface area contributed by atoms with Crippen LogP contribution in [-0.2, 0) is 0 Å². The van der Waals surface area contributed by atoms with E-state index in [0.29, 0.717) is 11.5 Å². The number of nitrogens with one attached hydrogen (secondary N) is 1. The Morgan fingerprint density at radius 3 is 2.68 bits per heavy atom. The molecule has 1 aromatic carbocycles. The molecule has 0 aliphatic heterocycles. The molecule has 0 aliphatic rings. The van der Waals surface area contributed by atoms with Gasteiger partial charge in [0.2, 0.25) is 5.88 Å². The number of anilines is 3. The van der Waals surface area contributed by atoms with Crippen LogP contribution < -0.4 is 20.5 Å². The smallest absolute Gasteiger partial charge is 0.242 e. The number of benzene rings is 1. The third-order valence-corrected chi connectivity index (χ3v) is 2.45. The highest BCUT2D eigenvalue weighted by atomic mass is 19.1. The maximum absolute atomic E-state index is 13.3. The maximum atomic E-state index is 13.3. The second kappa shape index (κ2) is 5.38. The predicted octanol–water partition coefficient (Wildman–Crippen LogP) is 1.96. The van der Waals surface area contributed by atoms with Crippen LogP contribution in [0, 0.1) is 5.82 Å². The number of nitrogens with two attached hydrogens (primary N) is 1. The minimum absolute atomic E-state index is 0.129. The van der Waals surface area contributed by atoms with Gasteiger partial charge in [0.25, 0.3) is 0 Å². The maximum Gasteiger partial charge on any atom is 0.242 e. The third-order valence-electron chi connectivity index (χ3n) is 2.45. The molecule has 0 atom stereocenters. The number of hydrogen-bond donors (Lipinski definition) is 2. The minimum Gasteiger partial charge on any atom is -0.494 e. The van der Waals surface area contributed by atoms with Gasteiger partial charge in [-0.15, -0.1) is 0 Å². The molecule has 6 nitrogen and oxygen atoms in total. The van der Waals surface area contributed by atoms with Crippen LogP contribution in [0.25, 0.3) is 0 Å². The van der Waals surface area contributed by atoms with Crippen molar-refractivity contribution in [3.8, 4) is 11.6 Å². The average molecular weight is 264 g/mol. The van der Waals surface area contributed by atoms with Crippen molar-refractivity contribution in [2.45, 2.75) is 0 Å². The largest absolute Gasteiger partial charge is 0.494 e. The lowest BCUT2D eigenvalue weighted by Gasteiger charge is -2.11. The summed E-state index contributed by atoms with van der Waals surface area (Å²) in [4.78, 5) is 7.86. The molecule has 7 heteroatoms. The average Bonchev–Trinajstić information content (AvgIpc) is 2.43. The highest BCUT2D eigenvalue weighted by Gasteiger charge is 2.10. The van der Waals surface area contributed by atoms with Crippen molar-refractivity contribution in [1.29, 1.82) is 0 Å². The van der Waals surface area contributed by atoms with E-state index < -0.39 is 5.82 Å². The number of nitrogen functional groups attached to an aromatic ring is 1. The van der Waals surface area contributed by atoms with Gasteiger partial charge in [0.05, 0.1) is 14.2 Å². The van der Waals surface area contributed by atoms with Gasteiger partial charge >= 0.3 is 0 Å². The summed E-state index contributed by atoms with van der Waals surface area (Å²) in [6, 6.07) is 4.34. The summed E-state index contributed by atoms with van der Waals surface area (Å²) in [5, 5.41) is 2.95. The molecule has 0 bridgehead atoms. The van der Waals surface area contributed by atoms with Gasteiger partial charge < -0.3 is 20.5 Å². The third kappa shape index (κ3) is 2.65. The lowest BCUT2D eigenvalue weighted by atomic mass is 10.3. The van der Waals surface area contributed by atoms with E-state index in [1.165, 1.54) is 32.7 Å². The van der Waals surface area contributed by atoms with E-state index in [9.17, 15) is 4.39 Å². The highest BCUT2D eigenvalue weighted by molar-refractivity contribution is 5.72. The van der Waals surface area contributed by atoms with Gasteiger partial charge in [-0.05, 0) is 12.1 Å². The SMILES string of the molecule is COc1cc(Nc2ncnc(OC)c2N)ccc1F. The van der Waals surface area contributed by atoms with Crippen molar-refractivity contribution >= 4 is 17.2 Å². The monoisotopic (exact) mass is 264 g/mol. The Kier molecular flexibility index (Phi) is 3.65. The first-order valence-electron chi connectivity index (χ1n) is 5.40. The molecule has 0 radical (unpaired) electrons. The molecule has 0 saturated heterocycles. The standard InChI is InChI=1S/C12H13FN4O2/c1-18-9-5-7(3-4-8(9)13)17-11-10(14)12(19-2)16-6-15-11/h3-6H,14H2,1-2H3,(H,15,16,17). The van der Waals surface area contributed by atoms with E-state index in [1.54, 1.807) is 6.07 Å². The summed E-state index contributed by atoms with van der Waals surface area (Å²) in [5.74, 6) is 0.331. The molecule has 100 valence electrons. The molecule has 19 heavy (non-hydrogen) atoms. The van der Waals surface area contributed by atoms with E-state index in [4.69, 9.17) is 15.2 Å². The van der Waals surface area contributed by atoms with Crippen LogP contribution in [0.15, 0.2) is 24.5 Å². The zero-order valence-corrected chi connectivity index (χ0v) is 10.5. The lowest BCUT2D eigenvalue weighted by Crippen LogP contribution is -2.03. The summed E-state index contributed by atoms with van der Waals surface area (Å²) in [6.07, 6.45) is 1.32. The van der Waals surface area contributed by atoms with Crippen molar-refractivity contribution in [3.63, 3.8) is 0 Å². The topological polar surface area (TPSA) is 82.3 Å². The van der Waals surface area contributed by atoms with Crippen molar-refractivity contribution in [1.82, 2.24) is 9.97 Å². The zero-order chi connectivity index (χ0) is 13.8. The summed E-state index contributed by atoms with van der Waals surface area (Å²) < 4.78 is 23.2. The van der Waals surface area contributed by atoms with Crippen LogP contribution in [0.4, 0.5) is 21.6 Å². The van der Waals surface area contributed by atoms with E-state index in [2.05, 4.69) is 15.3 Å². The number of halogens is 1. The molecular formula is C12H13FN4O2. The second-order valence-corrected chi connectivity index (χ2v) is 3.62. The molecule has 0 saturated carbocycles. The summed E-state index contributed by atoms with van der Waals surface area (Å²) in [5.41, 5.74) is 6.68. The Labute approximate surface area is 109 Å². The number of methoxy groups -OCH3 is 2. The van der Waals surface area contributed by atoms with Crippen molar-refractivity contribution < 1.29 is 13.9 Å². The van der Waals surface area contributed by atoms with Crippen LogP contribution in [0.5, 0.6) is 11.6 Å². The Morgan fingerprint density at radius 2 is 2.00 bits per heavy atom. The molecule has 0 unspecified atom stereocenters. The molecule has 0 fully saturated rings. The van der Waals surface area contributed by atoms with Crippen molar-refractivity contribution in [3.05, 3.63) is 30.3 Å². The number of nitrogens with zero attached hydrogens (tertiary/aromatic N) is 2. The fourth-order valence-electron chi connectivity index (χ4n) is 1.52. The summed E-state index contributed by atoms with van der Waals surface area (Å²) >= 11 is 0. The highest BCUT2D eigenvalue weighted by Crippen LogP contribution is 2.29. The van der Waals surface area contributed by atoms with Gasteiger partial charge in [0, 0.05) is 11.8 Å². The van der Waals surface area contributed by atoms with Gasteiger partial charge in [0.1, 0.15) is 12.0 Å². The number of hydrogen-bond acceptors (Lipinski definition) is 6. The molecular weight excluding hydrogens is 251 g/mol. The van der Waals surface area contributed by atoms with Crippen LogP contribution in [0.3, 0.4) is 0 Å². The lowest BCUT2D eigenvalue weighted by molar-refractivity contribution is 0.387. The summed E-state index contributed by atoms with van der Waals surface area (Å²) in [7, 11) is 2.85. The van der Waals surface area contributed by atoms with E-state index in [0.717, 1.165) is 0 Å². The van der Waals surface area contributed by atoms with Crippen LogP contribution in [0.1, 0.15) is 0 Å². The normalized spacial score (nSPS) is 10.1. The molecule has 2 aromatic rings. The Bertz CT molecular complexity index is 592. The Morgan fingerprint density at radius 1 is 1.21 bits per heavy atom. The van der Waals surface area contributed by atoms with Gasteiger partial charge in [-0.2, -0.15) is 4.98 Å². The van der Waals surface area contributed by atoms with Crippen molar-refractivity contribution in [2.75, 3.05) is 25.3 Å². The molecule has 1 aromatic heterocycles. The fourth-order valence-corrected chi connectivity index (χ4v) is 1.52. The van der Waals surface area contributed by atoms with Crippen LogP contribution >= 0.6 is 0 Å². The van der Waals surface area contributed by atoms with Gasteiger partial charge in [0.15, 0.2) is 17.4 Å². The van der Waals surface area contributed by atoms with E-state index in [-0.39, 0.29) is 17.3 Å². The summed E-state index contributed by atoms with van der Waals surface area (Å²) in [6.45, 7) is 0. The molecule has 2 rings (SSSR count). The van der Waals surface area contributed by atoms with Gasteiger partial charge in [-0.25, -0.2) is 9.37 Å². The number of rotatable bonds is 4. The Hall–Kier alpha value is -2.57. The van der Waals surface area contributed by atoms with Crippen LogP contribution in [-0.4, -0.2) is 24.2 Å². The molecule has 0 aliphatic carbocycles. The molecule has 3 N–H and O–H groups in total. The molecule has 0 amide bonds. The second-order valence-electron chi connectivity index (χ2n) is 3.62. The Balaban J connectivity index is 2.31. The van der Waals surface area contributed by atoms with E-state index in [1.807, 2.05) is 0 Å². The molecule has 1 heterocycles. The molecule has 0 spiro atoms. The quantitative estimate of drug-likeness (QED) is 0.878. The first-order valence-corrected chi connectivity index (χ1v) is 5.40. The first kappa shape index (κ1) is 12.9. The van der Waals surface area contributed by atoms with Gasteiger partial charge in [-0.3, -0.25) is 0 Å². The van der Waals surface area contributed by atoms with Gasteiger partial charge in [-0.1, -0.05) is 0 Å². The van der Waals surface area contributed by atoms with Crippen molar-refractivity contribution in [2.24, 2.45) is 0 Å². The fraction of sp³-hybridized carbons (Fsp3) is 0.167. The first-order chi connectivity index (χ1) is 9.15. The number of ether oxygens (including phenoxy) is 2. The predicted molar refractivity (Wildman–Crippen MR) is 69.2 cm³/mol. The number of aromatic nitrogens is 2.